The Kier molecular flexibility index (Phi) is 52.9. The zero-order chi connectivity index (χ0) is 49.3. The lowest BCUT2D eigenvalue weighted by Gasteiger charge is -2.18. The molecule has 6 nitrogen and oxygen atoms in total. The van der Waals surface area contributed by atoms with Crippen LogP contribution in [0.15, 0.2) is 97.2 Å². The molecule has 0 fully saturated rings. The lowest BCUT2D eigenvalue weighted by molar-refractivity contribution is -0.166. The zero-order valence-corrected chi connectivity index (χ0v) is 44.3. The van der Waals surface area contributed by atoms with Crippen LogP contribution in [-0.4, -0.2) is 37.2 Å². The average molecular weight is 946 g/mol. The molecular formula is C62H104O6. The summed E-state index contributed by atoms with van der Waals surface area (Å²) in [5.41, 5.74) is 0. The third kappa shape index (κ3) is 53.3. The van der Waals surface area contributed by atoms with Crippen molar-refractivity contribution in [3.05, 3.63) is 97.2 Å². The molecule has 0 aliphatic rings. The lowest BCUT2D eigenvalue weighted by Crippen LogP contribution is -2.30. The molecule has 0 amide bonds. The van der Waals surface area contributed by atoms with Gasteiger partial charge in [-0.15, -0.1) is 0 Å². The van der Waals surface area contributed by atoms with E-state index in [1.54, 1.807) is 0 Å². The van der Waals surface area contributed by atoms with Crippen LogP contribution in [-0.2, 0) is 28.6 Å². The van der Waals surface area contributed by atoms with Gasteiger partial charge in [-0.2, -0.15) is 0 Å². The third-order valence-corrected chi connectivity index (χ3v) is 11.8. The summed E-state index contributed by atoms with van der Waals surface area (Å²) < 4.78 is 16.8. The molecule has 0 N–H and O–H groups in total. The largest absolute Gasteiger partial charge is 0.462 e. The second-order valence-electron chi connectivity index (χ2n) is 18.5. The molecule has 0 aliphatic heterocycles. The highest BCUT2D eigenvalue weighted by Gasteiger charge is 2.19. The molecule has 68 heavy (non-hydrogen) atoms. The van der Waals surface area contributed by atoms with Crippen LogP contribution in [0.2, 0.25) is 0 Å². The summed E-state index contributed by atoms with van der Waals surface area (Å²) in [7, 11) is 0. The van der Waals surface area contributed by atoms with Crippen molar-refractivity contribution in [1.82, 2.24) is 0 Å². The van der Waals surface area contributed by atoms with Gasteiger partial charge in [0.05, 0.1) is 0 Å². The number of carbonyl (C=O) groups excluding carboxylic acids is 3. The van der Waals surface area contributed by atoms with Crippen LogP contribution in [0.4, 0.5) is 0 Å². The molecule has 0 aromatic carbocycles. The first-order valence-corrected chi connectivity index (χ1v) is 28.2. The van der Waals surface area contributed by atoms with Crippen LogP contribution in [0.25, 0.3) is 0 Å². The fourth-order valence-electron chi connectivity index (χ4n) is 7.57. The molecule has 0 aromatic heterocycles. The van der Waals surface area contributed by atoms with Crippen LogP contribution in [0.3, 0.4) is 0 Å². The Morgan fingerprint density at radius 3 is 1.01 bits per heavy atom. The molecule has 6 heteroatoms. The SMILES string of the molecule is CC/C=C\C/C=C\C/C=C\C/C=C\CCC(=O)OCC(COC(=O)CCCCCCCCCCC/C=C\C/C=C\CCCCC)OC(=O)CCCCCCCCC/C=C\C/C=C\CCCCCC. The van der Waals surface area contributed by atoms with Crippen molar-refractivity contribution in [3.63, 3.8) is 0 Å². The van der Waals surface area contributed by atoms with Crippen molar-refractivity contribution in [3.8, 4) is 0 Å². The minimum absolute atomic E-state index is 0.105. The Labute approximate surface area is 419 Å². The normalized spacial score (nSPS) is 12.8. The maximum Gasteiger partial charge on any atom is 0.306 e. The standard InChI is InChI=1S/C62H104O6/c1-4-7-10-13-16-19-22-25-27-29-31-33-34-37-40-43-46-49-52-55-61(64)67-58-59(57-66-60(63)54-51-48-45-42-39-36-24-21-18-15-12-9-6-3)68-62(65)56-53-50-47-44-41-38-35-32-30-28-26-23-20-17-14-11-8-5-2/h9,12,16,18-21,23,25,27-28,30,36,39,45,48,59H,4-8,10-11,13-15,17,22,24,26,29,31-35,37-38,40-44,46-47,49-58H2,1-3H3/b12-9-,19-16-,21-18-,23-20-,27-25-,30-28-,39-36-,48-45-. The molecule has 0 saturated heterocycles. The maximum absolute atomic E-state index is 12.8. The molecule has 0 spiro atoms. The lowest BCUT2D eigenvalue weighted by atomic mass is 10.1. The van der Waals surface area contributed by atoms with Crippen LogP contribution >= 0.6 is 0 Å². The molecule has 0 bridgehead atoms. The van der Waals surface area contributed by atoms with E-state index < -0.39 is 6.10 Å². The van der Waals surface area contributed by atoms with E-state index in [1.807, 2.05) is 6.08 Å². The quantitative estimate of drug-likeness (QED) is 0.0262. The van der Waals surface area contributed by atoms with Crippen molar-refractivity contribution >= 4 is 17.9 Å². The van der Waals surface area contributed by atoms with E-state index in [9.17, 15) is 14.4 Å². The van der Waals surface area contributed by atoms with Gasteiger partial charge in [0.2, 0.25) is 0 Å². The Morgan fingerprint density at radius 1 is 0.309 bits per heavy atom. The number of ether oxygens (including phenoxy) is 3. The summed E-state index contributed by atoms with van der Waals surface area (Å²) in [5.74, 6) is -1.00. The van der Waals surface area contributed by atoms with Gasteiger partial charge in [-0.1, -0.05) is 227 Å². The minimum atomic E-state index is -0.813. The Morgan fingerprint density at radius 2 is 0.603 bits per heavy atom. The fraction of sp³-hybridized carbons (Fsp3) is 0.694. The van der Waals surface area contributed by atoms with Crippen LogP contribution in [0.5, 0.6) is 0 Å². The third-order valence-electron chi connectivity index (χ3n) is 11.8. The van der Waals surface area contributed by atoms with Gasteiger partial charge in [0.15, 0.2) is 6.10 Å². The zero-order valence-electron chi connectivity index (χ0n) is 44.3. The van der Waals surface area contributed by atoms with Crippen LogP contribution in [0, 0.1) is 0 Å². The van der Waals surface area contributed by atoms with Gasteiger partial charge in [-0.25, -0.2) is 0 Å². The number of carbonyl (C=O) groups is 3. The minimum Gasteiger partial charge on any atom is -0.462 e. The molecule has 0 aliphatic carbocycles. The highest BCUT2D eigenvalue weighted by Crippen LogP contribution is 2.14. The summed E-state index contributed by atoms with van der Waals surface area (Å²) in [5, 5.41) is 0. The van der Waals surface area contributed by atoms with Crippen molar-refractivity contribution in [2.75, 3.05) is 13.2 Å². The molecule has 0 radical (unpaired) electrons. The maximum atomic E-state index is 12.8. The van der Waals surface area contributed by atoms with Gasteiger partial charge in [0.1, 0.15) is 13.2 Å². The summed E-state index contributed by atoms with van der Waals surface area (Å²) in [4.78, 5) is 38.1. The number of unbranched alkanes of at least 4 members (excludes halogenated alkanes) is 23. The summed E-state index contributed by atoms with van der Waals surface area (Å²) in [6, 6.07) is 0. The van der Waals surface area contributed by atoms with Crippen molar-refractivity contribution < 1.29 is 28.6 Å². The van der Waals surface area contributed by atoms with Gasteiger partial charge >= 0.3 is 17.9 Å². The molecule has 0 heterocycles. The molecule has 1 atom stereocenters. The molecule has 388 valence electrons. The molecule has 0 aromatic rings. The van der Waals surface area contributed by atoms with Crippen molar-refractivity contribution in [2.24, 2.45) is 0 Å². The van der Waals surface area contributed by atoms with E-state index in [-0.39, 0.29) is 37.5 Å². The number of rotatable bonds is 50. The highest BCUT2D eigenvalue weighted by molar-refractivity contribution is 5.71. The van der Waals surface area contributed by atoms with E-state index in [2.05, 4.69) is 112 Å². The molecule has 1 unspecified atom stereocenters. The molecule has 0 rings (SSSR count). The van der Waals surface area contributed by atoms with Gasteiger partial charge in [-0.05, 0) is 109 Å². The van der Waals surface area contributed by atoms with Crippen LogP contribution < -0.4 is 0 Å². The smallest absolute Gasteiger partial charge is 0.306 e. The number of hydrogen-bond donors (Lipinski definition) is 0. The molecular weight excluding hydrogens is 841 g/mol. The Hall–Kier alpha value is -3.67. The first-order valence-electron chi connectivity index (χ1n) is 28.2. The van der Waals surface area contributed by atoms with Crippen molar-refractivity contribution in [2.45, 2.75) is 264 Å². The van der Waals surface area contributed by atoms with Gasteiger partial charge in [0, 0.05) is 19.3 Å². The topological polar surface area (TPSA) is 78.9 Å². The van der Waals surface area contributed by atoms with E-state index in [0.717, 1.165) is 83.5 Å². The first-order chi connectivity index (χ1) is 33.5. The summed E-state index contributed by atoms with van der Waals surface area (Å²) in [6.45, 7) is 6.41. The number of esters is 3. The van der Waals surface area contributed by atoms with E-state index in [1.165, 1.54) is 128 Å². The van der Waals surface area contributed by atoms with E-state index in [4.69, 9.17) is 14.2 Å². The summed E-state index contributed by atoms with van der Waals surface area (Å²) >= 11 is 0. The first kappa shape index (κ1) is 64.3. The van der Waals surface area contributed by atoms with Crippen LogP contribution in [0.1, 0.15) is 258 Å². The Balaban J connectivity index is 4.45. The number of allylic oxidation sites excluding steroid dienone is 16. The van der Waals surface area contributed by atoms with E-state index in [0.29, 0.717) is 19.3 Å². The highest BCUT2D eigenvalue weighted by atomic mass is 16.6. The monoisotopic (exact) mass is 945 g/mol. The molecule has 0 saturated carbocycles. The Bertz CT molecular complexity index is 1360. The van der Waals surface area contributed by atoms with Gasteiger partial charge in [0.25, 0.3) is 0 Å². The fourth-order valence-corrected chi connectivity index (χ4v) is 7.57. The average Bonchev–Trinajstić information content (AvgIpc) is 3.34. The van der Waals surface area contributed by atoms with Gasteiger partial charge in [-0.3, -0.25) is 14.4 Å². The second-order valence-corrected chi connectivity index (χ2v) is 18.5. The van der Waals surface area contributed by atoms with E-state index >= 15 is 0 Å². The summed E-state index contributed by atoms with van der Waals surface area (Å²) in [6.07, 6.45) is 74.1. The number of hydrogen-bond acceptors (Lipinski definition) is 6. The van der Waals surface area contributed by atoms with Crippen molar-refractivity contribution in [1.29, 1.82) is 0 Å². The predicted molar refractivity (Wildman–Crippen MR) is 293 cm³/mol. The van der Waals surface area contributed by atoms with Gasteiger partial charge < -0.3 is 14.2 Å². The predicted octanol–water partition coefficient (Wildman–Crippen LogP) is 18.9. The second kappa shape index (κ2) is 55.9.